The van der Waals surface area contributed by atoms with Crippen LogP contribution in [0.4, 0.5) is 5.82 Å². The Balaban J connectivity index is 1.67. The second-order valence-corrected chi connectivity index (χ2v) is 10.0. The Kier molecular flexibility index (Phi) is 6.64. The SMILES string of the molecule is CCOC(C)n1nc(NC(=O)c2cccs2)c2cc(C(=O)NC(C)(C)c3ccccc3)sc21. The van der Waals surface area contributed by atoms with E-state index >= 15 is 0 Å². The number of benzene rings is 1. The standard InChI is InChI=1S/C24H26N4O3S2/c1-5-31-15(2)28-23-17(20(27-28)25-21(29)18-12-9-13-32-18)14-19(33-23)22(30)26-24(3,4)16-10-7-6-8-11-16/h6-15H,5H2,1-4H3,(H,26,30)(H,25,27,29). The Morgan fingerprint density at radius 1 is 1.12 bits per heavy atom. The summed E-state index contributed by atoms with van der Waals surface area (Å²) in [6.45, 7) is 8.26. The van der Waals surface area contributed by atoms with Crippen LogP contribution in [0.2, 0.25) is 0 Å². The van der Waals surface area contributed by atoms with E-state index in [-0.39, 0.29) is 18.0 Å². The molecule has 0 aliphatic carbocycles. The van der Waals surface area contributed by atoms with Crippen LogP contribution in [0.3, 0.4) is 0 Å². The summed E-state index contributed by atoms with van der Waals surface area (Å²) in [5.74, 6) is -0.00759. The van der Waals surface area contributed by atoms with Crippen molar-refractivity contribution >= 4 is 50.5 Å². The van der Waals surface area contributed by atoms with Crippen molar-refractivity contribution in [2.45, 2.75) is 39.5 Å². The minimum absolute atomic E-state index is 0.184. The van der Waals surface area contributed by atoms with Crippen molar-refractivity contribution in [1.29, 1.82) is 0 Å². The average Bonchev–Trinajstić information content (AvgIpc) is 3.52. The molecule has 172 valence electrons. The molecule has 0 radical (unpaired) electrons. The molecule has 4 rings (SSSR count). The fourth-order valence-electron chi connectivity index (χ4n) is 3.54. The molecule has 7 nitrogen and oxygen atoms in total. The maximum atomic E-state index is 13.2. The number of carbonyl (C=O) groups excluding carboxylic acids is 2. The third-order valence-corrected chi connectivity index (χ3v) is 7.25. The molecule has 1 unspecified atom stereocenters. The number of fused-ring (bicyclic) bond motifs is 1. The number of thiophene rings is 2. The molecule has 4 aromatic rings. The Morgan fingerprint density at radius 3 is 2.55 bits per heavy atom. The predicted octanol–water partition coefficient (Wildman–Crippen LogP) is 5.63. The highest BCUT2D eigenvalue weighted by atomic mass is 32.1. The van der Waals surface area contributed by atoms with Gasteiger partial charge in [-0.15, -0.1) is 22.7 Å². The first kappa shape index (κ1) is 23.2. The highest BCUT2D eigenvalue weighted by molar-refractivity contribution is 7.20. The first-order valence-electron chi connectivity index (χ1n) is 10.7. The molecule has 0 spiro atoms. The molecule has 2 N–H and O–H groups in total. The van der Waals surface area contributed by atoms with Crippen molar-refractivity contribution in [3.8, 4) is 0 Å². The lowest BCUT2D eigenvalue weighted by molar-refractivity contribution is 0.0197. The van der Waals surface area contributed by atoms with Gasteiger partial charge in [-0.3, -0.25) is 9.59 Å². The molecule has 33 heavy (non-hydrogen) atoms. The van der Waals surface area contributed by atoms with Gasteiger partial charge in [-0.2, -0.15) is 5.10 Å². The van der Waals surface area contributed by atoms with E-state index in [1.54, 1.807) is 16.8 Å². The van der Waals surface area contributed by atoms with Crippen LogP contribution in [-0.4, -0.2) is 28.2 Å². The Hall–Kier alpha value is -3.01. The van der Waals surface area contributed by atoms with Crippen LogP contribution in [0.5, 0.6) is 0 Å². The molecule has 3 heterocycles. The summed E-state index contributed by atoms with van der Waals surface area (Å²) in [5, 5.41) is 13.2. The Bertz CT molecular complexity index is 1260. The summed E-state index contributed by atoms with van der Waals surface area (Å²) in [6, 6.07) is 15.2. The fraction of sp³-hybridized carbons (Fsp3) is 0.292. The fourth-order valence-corrected chi connectivity index (χ4v) is 5.24. The molecule has 2 amide bonds. The zero-order valence-electron chi connectivity index (χ0n) is 18.9. The third kappa shape index (κ3) is 4.85. The molecule has 0 saturated carbocycles. The van der Waals surface area contributed by atoms with Gasteiger partial charge in [0, 0.05) is 6.61 Å². The van der Waals surface area contributed by atoms with Gasteiger partial charge in [-0.05, 0) is 50.8 Å². The van der Waals surface area contributed by atoms with Gasteiger partial charge in [0.15, 0.2) is 5.82 Å². The highest BCUT2D eigenvalue weighted by Crippen LogP contribution is 2.34. The lowest BCUT2D eigenvalue weighted by Crippen LogP contribution is -2.40. The maximum Gasteiger partial charge on any atom is 0.266 e. The number of amides is 2. The Morgan fingerprint density at radius 2 is 1.88 bits per heavy atom. The van der Waals surface area contributed by atoms with Gasteiger partial charge in [0.05, 0.1) is 20.7 Å². The van der Waals surface area contributed by atoms with E-state index in [0.29, 0.717) is 27.6 Å². The first-order valence-corrected chi connectivity index (χ1v) is 12.4. The largest absolute Gasteiger partial charge is 0.357 e. The van der Waals surface area contributed by atoms with E-state index < -0.39 is 5.54 Å². The summed E-state index contributed by atoms with van der Waals surface area (Å²) in [5.41, 5.74) is 0.467. The van der Waals surface area contributed by atoms with Gasteiger partial charge in [-0.1, -0.05) is 36.4 Å². The van der Waals surface area contributed by atoms with Gasteiger partial charge >= 0.3 is 0 Å². The minimum atomic E-state index is -0.546. The van der Waals surface area contributed by atoms with E-state index in [2.05, 4.69) is 15.7 Å². The van der Waals surface area contributed by atoms with Gasteiger partial charge in [-0.25, -0.2) is 4.68 Å². The van der Waals surface area contributed by atoms with E-state index in [1.165, 1.54) is 22.7 Å². The van der Waals surface area contributed by atoms with Gasteiger partial charge in [0.2, 0.25) is 0 Å². The van der Waals surface area contributed by atoms with Crippen LogP contribution < -0.4 is 10.6 Å². The van der Waals surface area contributed by atoms with Crippen LogP contribution >= 0.6 is 22.7 Å². The second kappa shape index (κ2) is 9.46. The van der Waals surface area contributed by atoms with Crippen molar-refractivity contribution in [2.24, 2.45) is 0 Å². The van der Waals surface area contributed by atoms with E-state index in [4.69, 9.17) is 4.74 Å². The summed E-state index contributed by atoms with van der Waals surface area (Å²) >= 11 is 2.69. The number of aromatic nitrogens is 2. The van der Waals surface area contributed by atoms with Crippen molar-refractivity contribution in [3.05, 3.63) is 69.2 Å². The molecule has 0 bridgehead atoms. The van der Waals surface area contributed by atoms with Crippen molar-refractivity contribution in [3.63, 3.8) is 0 Å². The van der Waals surface area contributed by atoms with Crippen LogP contribution in [-0.2, 0) is 10.3 Å². The summed E-state index contributed by atoms with van der Waals surface area (Å²) in [7, 11) is 0. The molecule has 3 aromatic heterocycles. The molecule has 0 fully saturated rings. The predicted molar refractivity (Wildman–Crippen MR) is 133 cm³/mol. The normalized spacial score (nSPS) is 12.6. The number of rotatable bonds is 8. The average molecular weight is 483 g/mol. The molecule has 1 aromatic carbocycles. The van der Waals surface area contributed by atoms with Gasteiger partial charge in [0.25, 0.3) is 11.8 Å². The number of anilines is 1. The summed E-state index contributed by atoms with van der Waals surface area (Å²) < 4.78 is 7.45. The lowest BCUT2D eigenvalue weighted by atomic mass is 9.94. The maximum absolute atomic E-state index is 13.2. The van der Waals surface area contributed by atoms with Crippen LogP contribution in [0, 0.1) is 0 Å². The third-order valence-electron chi connectivity index (χ3n) is 5.26. The zero-order valence-corrected chi connectivity index (χ0v) is 20.5. The van der Waals surface area contributed by atoms with E-state index in [9.17, 15) is 9.59 Å². The van der Waals surface area contributed by atoms with Crippen molar-refractivity contribution in [2.75, 3.05) is 11.9 Å². The van der Waals surface area contributed by atoms with E-state index in [0.717, 1.165) is 10.4 Å². The number of carbonyl (C=O) groups is 2. The van der Waals surface area contributed by atoms with Crippen LogP contribution in [0.15, 0.2) is 53.9 Å². The van der Waals surface area contributed by atoms with Crippen molar-refractivity contribution < 1.29 is 14.3 Å². The number of nitrogens with zero attached hydrogens (tertiary/aromatic N) is 2. The van der Waals surface area contributed by atoms with Crippen molar-refractivity contribution in [1.82, 2.24) is 15.1 Å². The number of hydrogen-bond acceptors (Lipinski definition) is 6. The number of ether oxygens (including phenoxy) is 1. The smallest absolute Gasteiger partial charge is 0.266 e. The molecule has 1 atom stereocenters. The number of nitrogens with one attached hydrogen (secondary N) is 2. The first-order chi connectivity index (χ1) is 15.8. The quantitative estimate of drug-likeness (QED) is 0.341. The monoisotopic (exact) mass is 482 g/mol. The summed E-state index contributed by atoms with van der Waals surface area (Å²) in [4.78, 5) is 27.7. The number of hydrogen-bond donors (Lipinski definition) is 2. The molecular weight excluding hydrogens is 456 g/mol. The van der Waals surface area contributed by atoms with Gasteiger partial charge < -0.3 is 15.4 Å². The summed E-state index contributed by atoms with van der Waals surface area (Å²) in [6.07, 6.45) is -0.347. The molecular formula is C24H26N4O3S2. The topological polar surface area (TPSA) is 85.2 Å². The lowest BCUT2D eigenvalue weighted by Gasteiger charge is -2.26. The second-order valence-electron chi connectivity index (χ2n) is 8.05. The Labute approximate surface area is 200 Å². The molecule has 9 heteroatoms. The van der Waals surface area contributed by atoms with E-state index in [1.807, 2.05) is 69.5 Å². The molecule has 0 aliphatic rings. The highest BCUT2D eigenvalue weighted by Gasteiger charge is 2.27. The molecule has 0 aliphatic heterocycles. The zero-order chi connectivity index (χ0) is 23.6. The van der Waals surface area contributed by atoms with Gasteiger partial charge in [0.1, 0.15) is 11.1 Å². The minimum Gasteiger partial charge on any atom is -0.357 e. The van der Waals surface area contributed by atoms with Crippen LogP contribution in [0.1, 0.15) is 58.8 Å². The van der Waals surface area contributed by atoms with Crippen LogP contribution in [0.25, 0.3) is 10.2 Å². The molecule has 0 saturated heterocycles.